The van der Waals surface area contributed by atoms with E-state index in [0.29, 0.717) is 5.11 Å². The summed E-state index contributed by atoms with van der Waals surface area (Å²) in [5, 5.41) is 8.02. The van der Waals surface area contributed by atoms with Crippen molar-refractivity contribution in [3.05, 3.63) is 23.2 Å². The summed E-state index contributed by atoms with van der Waals surface area (Å²) < 4.78 is 5.37. The van der Waals surface area contributed by atoms with E-state index in [4.69, 9.17) is 28.6 Å². The zero-order valence-electron chi connectivity index (χ0n) is 14.6. The number of hydrogen-bond acceptors (Lipinski definition) is 4. The number of morpholine rings is 1. The molecule has 2 aliphatic heterocycles. The second-order valence-electron chi connectivity index (χ2n) is 6.54. The molecule has 0 aromatic heterocycles. The minimum absolute atomic E-state index is 0.657. The lowest BCUT2D eigenvalue weighted by Gasteiger charge is -2.26. The highest BCUT2D eigenvalue weighted by Crippen LogP contribution is 2.31. The van der Waals surface area contributed by atoms with Gasteiger partial charge in [-0.05, 0) is 56.2 Å². The van der Waals surface area contributed by atoms with Gasteiger partial charge in [0.2, 0.25) is 0 Å². The van der Waals surface area contributed by atoms with Crippen LogP contribution in [-0.2, 0) is 4.74 Å². The first-order valence-electron chi connectivity index (χ1n) is 9.12. The molecular weight excluding hydrogens is 356 g/mol. The number of nitrogens with zero attached hydrogens (tertiary/aromatic N) is 2. The fourth-order valence-corrected chi connectivity index (χ4v) is 3.72. The molecule has 0 bridgehead atoms. The Bertz CT molecular complexity index is 574. The van der Waals surface area contributed by atoms with Crippen LogP contribution in [0.4, 0.5) is 11.4 Å². The predicted octanol–water partition coefficient (Wildman–Crippen LogP) is 2.95. The first-order valence-corrected chi connectivity index (χ1v) is 9.90. The van der Waals surface area contributed by atoms with Crippen molar-refractivity contribution in [2.45, 2.75) is 19.3 Å². The van der Waals surface area contributed by atoms with Gasteiger partial charge in [0.05, 0.1) is 24.6 Å². The summed E-state index contributed by atoms with van der Waals surface area (Å²) in [5.41, 5.74) is 2.17. The van der Waals surface area contributed by atoms with Crippen LogP contribution in [0.3, 0.4) is 0 Å². The quantitative estimate of drug-likeness (QED) is 0.582. The minimum Gasteiger partial charge on any atom is -0.379 e. The lowest BCUT2D eigenvalue weighted by Crippen LogP contribution is -2.38. The van der Waals surface area contributed by atoms with E-state index in [2.05, 4.69) is 26.5 Å². The molecule has 138 valence electrons. The van der Waals surface area contributed by atoms with Crippen molar-refractivity contribution >= 4 is 40.3 Å². The Morgan fingerprint density at radius 2 is 1.92 bits per heavy atom. The van der Waals surface area contributed by atoms with Gasteiger partial charge in [0.1, 0.15) is 0 Å². The van der Waals surface area contributed by atoms with Crippen LogP contribution in [0.25, 0.3) is 0 Å². The van der Waals surface area contributed by atoms with Crippen molar-refractivity contribution in [3.63, 3.8) is 0 Å². The van der Waals surface area contributed by atoms with Crippen molar-refractivity contribution in [1.29, 1.82) is 0 Å². The van der Waals surface area contributed by atoms with Crippen LogP contribution in [0.5, 0.6) is 0 Å². The monoisotopic (exact) mass is 382 g/mol. The first kappa shape index (κ1) is 18.7. The van der Waals surface area contributed by atoms with Crippen LogP contribution in [0, 0.1) is 0 Å². The molecule has 0 spiro atoms. The van der Waals surface area contributed by atoms with Crippen LogP contribution in [0.15, 0.2) is 18.2 Å². The van der Waals surface area contributed by atoms with Crippen molar-refractivity contribution in [1.82, 2.24) is 10.2 Å². The summed E-state index contributed by atoms with van der Waals surface area (Å²) >= 11 is 11.6. The molecule has 2 aliphatic rings. The Kier molecular flexibility index (Phi) is 7.16. The molecule has 0 unspecified atom stereocenters. The highest BCUT2D eigenvalue weighted by atomic mass is 35.5. The summed E-state index contributed by atoms with van der Waals surface area (Å²) in [6.45, 7) is 7.89. The Morgan fingerprint density at radius 1 is 1.16 bits per heavy atom. The molecule has 25 heavy (non-hydrogen) atoms. The fraction of sp³-hybridized carbons (Fsp3) is 0.611. The molecule has 2 fully saturated rings. The molecule has 1 aromatic rings. The number of nitrogens with one attached hydrogen (secondary N) is 2. The molecule has 0 saturated carbocycles. The molecule has 3 rings (SSSR count). The minimum atomic E-state index is 0.657. The van der Waals surface area contributed by atoms with E-state index in [1.807, 2.05) is 12.1 Å². The average molecular weight is 383 g/mol. The average Bonchev–Trinajstić information content (AvgIpc) is 3.14. The van der Waals surface area contributed by atoms with Crippen molar-refractivity contribution in [2.24, 2.45) is 0 Å². The third kappa shape index (κ3) is 5.71. The van der Waals surface area contributed by atoms with Crippen LogP contribution in [-0.4, -0.2) is 62.5 Å². The van der Waals surface area contributed by atoms with Gasteiger partial charge in [-0.3, -0.25) is 4.90 Å². The molecule has 0 aliphatic carbocycles. The highest BCUT2D eigenvalue weighted by Gasteiger charge is 2.16. The SMILES string of the molecule is S=C(NCCCN1CCOCC1)Nc1cc(Cl)ccc1N1CCCC1. The topological polar surface area (TPSA) is 39.8 Å². The lowest BCUT2D eigenvalue weighted by molar-refractivity contribution is 0.0376. The summed E-state index contributed by atoms with van der Waals surface area (Å²) in [6.07, 6.45) is 3.55. The van der Waals surface area contributed by atoms with Crippen LogP contribution < -0.4 is 15.5 Å². The van der Waals surface area contributed by atoms with E-state index >= 15 is 0 Å². The number of anilines is 2. The van der Waals surface area contributed by atoms with Gasteiger partial charge in [-0.2, -0.15) is 0 Å². The van der Waals surface area contributed by atoms with E-state index < -0.39 is 0 Å². The van der Waals surface area contributed by atoms with Gasteiger partial charge in [-0.25, -0.2) is 0 Å². The van der Waals surface area contributed by atoms with Gasteiger partial charge in [0, 0.05) is 37.7 Å². The summed E-state index contributed by atoms with van der Waals surface area (Å²) in [6, 6.07) is 5.98. The molecule has 2 heterocycles. The summed E-state index contributed by atoms with van der Waals surface area (Å²) in [5.74, 6) is 0. The standard InChI is InChI=1S/C18H27ClN4OS/c19-15-4-5-17(23-8-1-2-9-23)16(14-15)21-18(25)20-6-3-7-22-10-12-24-13-11-22/h4-5,14H,1-3,6-13H2,(H2,20,21,25). The Labute approximate surface area is 160 Å². The molecule has 2 saturated heterocycles. The van der Waals surface area contributed by atoms with Gasteiger partial charge in [0.25, 0.3) is 0 Å². The number of hydrogen-bond donors (Lipinski definition) is 2. The van der Waals surface area contributed by atoms with Crippen LogP contribution >= 0.6 is 23.8 Å². The number of thiocarbonyl (C=S) groups is 1. The Hall–Kier alpha value is -1.08. The van der Waals surface area contributed by atoms with Gasteiger partial charge in [-0.15, -0.1) is 0 Å². The summed E-state index contributed by atoms with van der Waals surface area (Å²) in [4.78, 5) is 4.82. The van der Waals surface area contributed by atoms with Crippen molar-refractivity contribution in [3.8, 4) is 0 Å². The zero-order valence-corrected chi connectivity index (χ0v) is 16.2. The van der Waals surface area contributed by atoms with E-state index in [1.165, 1.54) is 18.5 Å². The molecule has 1 aromatic carbocycles. The highest BCUT2D eigenvalue weighted by molar-refractivity contribution is 7.80. The van der Waals surface area contributed by atoms with E-state index in [0.717, 1.165) is 69.6 Å². The molecule has 2 N–H and O–H groups in total. The second kappa shape index (κ2) is 9.57. The van der Waals surface area contributed by atoms with Gasteiger partial charge in [-0.1, -0.05) is 11.6 Å². The number of halogens is 1. The van der Waals surface area contributed by atoms with E-state index in [-0.39, 0.29) is 0 Å². The van der Waals surface area contributed by atoms with Crippen LogP contribution in [0.1, 0.15) is 19.3 Å². The largest absolute Gasteiger partial charge is 0.379 e. The molecule has 0 atom stereocenters. The van der Waals surface area contributed by atoms with Crippen molar-refractivity contribution < 1.29 is 4.74 Å². The molecule has 0 amide bonds. The molecule has 0 radical (unpaired) electrons. The maximum atomic E-state index is 6.18. The van der Waals surface area contributed by atoms with Gasteiger partial charge < -0.3 is 20.3 Å². The lowest BCUT2D eigenvalue weighted by atomic mass is 10.2. The zero-order chi connectivity index (χ0) is 17.5. The maximum absolute atomic E-state index is 6.18. The maximum Gasteiger partial charge on any atom is 0.170 e. The first-order chi connectivity index (χ1) is 12.2. The summed E-state index contributed by atoms with van der Waals surface area (Å²) in [7, 11) is 0. The van der Waals surface area contributed by atoms with Crippen LogP contribution in [0.2, 0.25) is 5.02 Å². The second-order valence-corrected chi connectivity index (χ2v) is 7.39. The fourth-order valence-electron chi connectivity index (χ4n) is 3.34. The van der Waals surface area contributed by atoms with E-state index in [9.17, 15) is 0 Å². The normalized spacial score (nSPS) is 18.4. The van der Waals surface area contributed by atoms with Gasteiger partial charge >= 0.3 is 0 Å². The van der Waals surface area contributed by atoms with E-state index in [1.54, 1.807) is 0 Å². The molecule has 7 heteroatoms. The molecular formula is C18H27ClN4OS. The molecule has 5 nitrogen and oxygen atoms in total. The smallest absolute Gasteiger partial charge is 0.170 e. The third-order valence-electron chi connectivity index (χ3n) is 4.69. The van der Waals surface area contributed by atoms with Gasteiger partial charge in [0.15, 0.2) is 5.11 Å². The van der Waals surface area contributed by atoms with Crippen molar-refractivity contribution in [2.75, 3.05) is 62.7 Å². The number of rotatable bonds is 6. The third-order valence-corrected chi connectivity index (χ3v) is 5.18. The Balaban J connectivity index is 1.46. The number of benzene rings is 1. The Morgan fingerprint density at radius 3 is 2.68 bits per heavy atom. The number of ether oxygens (including phenoxy) is 1. The predicted molar refractivity (Wildman–Crippen MR) is 109 cm³/mol.